The number of thiophene rings is 1. The van der Waals surface area contributed by atoms with Crippen LogP contribution in [0.25, 0.3) is 10.8 Å². The highest BCUT2D eigenvalue weighted by Gasteiger charge is 2.22. The molecule has 0 saturated heterocycles. The van der Waals surface area contributed by atoms with Crippen LogP contribution in [0.4, 0.5) is 0 Å². The molecule has 1 heterocycles. The number of aryl methyl sites for hydroxylation is 2. The van der Waals surface area contributed by atoms with Crippen LogP contribution in [0.3, 0.4) is 0 Å². The van der Waals surface area contributed by atoms with Crippen molar-refractivity contribution < 1.29 is 9.84 Å². The lowest BCUT2D eigenvalue weighted by atomic mass is 9.96. The first-order valence-corrected chi connectivity index (χ1v) is 8.00. The van der Waals surface area contributed by atoms with Crippen LogP contribution < -0.4 is 4.74 Å². The third-order valence-corrected chi connectivity index (χ3v) is 5.28. The van der Waals surface area contributed by atoms with Gasteiger partial charge < -0.3 is 9.84 Å². The molecule has 1 aromatic heterocycles. The van der Waals surface area contributed by atoms with E-state index in [1.807, 2.05) is 11.4 Å². The van der Waals surface area contributed by atoms with Gasteiger partial charge in [0.1, 0.15) is 11.9 Å². The van der Waals surface area contributed by atoms with Gasteiger partial charge in [0.25, 0.3) is 0 Å². The second kappa shape index (κ2) is 4.86. The predicted molar refractivity (Wildman–Crippen MR) is 86.3 cm³/mol. The summed E-state index contributed by atoms with van der Waals surface area (Å²) in [6, 6.07) is 12.5. The Morgan fingerprint density at radius 3 is 2.71 bits per heavy atom. The van der Waals surface area contributed by atoms with Gasteiger partial charge in [0.05, 0.1) is 12.0 Å². The number of methoxy groups -OCH3 is 1. The number of hydrogen-bond acceptors (Lipinski definition) is 3. The Balaban J connectivity index is 1.92. The van der Waals surface area contributed by atoms with Crippen LogP contribution in [-0.4, -0.2) is 12.2 Å². The van der Waals surface area contributed by atoms with Crippen molar-refractivity contribution in [3.05, 3.63) is 63.3 Å². The third-order valence-electron chi connectivity index (χ3n) is 4.33. The maximum Gasteiger partial charge on any atom is 0.135 e. The van der Waals surface area contributed by atoms with Crippen LogP contribution in [0.15, 0.2) is 41.8 Å². The molecule has 0 saturated carbocycles. The lowest BCUT2D eigenvalue weighted by molar-refractivity contribution is 0.220. The fourth-order valence-electron chi connectivity index (χ4n) is 3.33. The number of benzene rings is 2. The molecule has 0 amide bonds. The van der Waals surface area contributed by atoms with Crippen molar-refractivity contribution in [3.63, 3.8) is 0 Å². The molecule has 106 valence electrons. The van der Waals surface area contributed by atoms with E-state index in [0.717, 1.165) is 29.0 Å². The molecule has 1 atom stereocenters. The van der Waals surface area contributed by atoms with Gasteiger partial charge in [-0.15, -0.1) is 11.3 Å². The van der Waals surface area contributed by atoms with Crippen LogP contribution in [0.1, 0.15) is 27.7 Å². The minimum atomic E-state index is -0.634. The van der Waals surface area contributed by atoms with Crippen molar-refractivity contribution in [1.29, 1.82) is 0 Å². The topological polar surface area (TPSA) is 29.5 Å². The number of aliphatic hydroxyl groups excluding tert-OH is 1. The molecule has 0 aliphatic heterocycles. The molecular formula is C18H16O2S. The molecule has 0 bridgehead atoms. The molecule has 1 aliphatic carbocycles. The minimum Gasteiger partial charge on any atom is -0.495 e. The monoisotopic (exact) mass is 296 g/mol. The van der Waals surface area contributed by atoms with E-state index in [-0.39, 0.29) is 0 Å². The Bertz CT molecular complexity index is 809. The van der Waals surface area contributed by atoms with Crippen molar-refractivity contribution in [2.75, 3.05) is 7.11 Å². The maximum atomic E-state index is 10.8. The molecule has 1 aliphatic rings. The maximum absolute atomic E-state index is 10.8. The number of aliphatic hydroxyl groups is 1. The normalized spacial score (nSPS) is 14.6. The smallest absolute Gasteiger partial charge is 0.135 e. The molecule has 1 N–H and O–H groups in total. The molecule has 0 spiro atoms. The highest BCUT2D eigenvalue weighted by atomic mass is 32.1. The van der Waals surface area contributed by atoms with Crippen LogP contribution >= 0.6 is 11.3 Å². The van der Waals surface area contributed by atoms with E-state index in [1.165, 1.54) is 33.2 Å². The average Bonchev–Trinajstić information content (AvgIpc) is 3.15. The van der Waals surface area contributed by atoms with Gasteiger partial charge in [-0.2, -0.15) is 0 Å². The van der Waals surface area contributed by atoms with Gasteiger partial charge in [0, 0.05) is 0 Å². The van der Waals surface area contributed by atoms with Gasteiger partial charge in [0.15, 0.2) is 0 Å². The summed E-state index contributed by atoms with van der Waals surface area (Å²) >= 11 is 1.53. The summed E-state index contributed by atoms with van der Waals surface area (Å²) in [4.78, 5) is 0.871. The lowest BCUT2D eigenvalue weighted by Crippen LogP contribution is -2.01. The van der Waals surface area contributed by atoms with E-state index in [0.29, 0.717) is 0 Å². The summed E-state index contributed by atoms with van der Waals surface area (Å²) in [6.07, 6.45) is 1.58. The van der Waals surface area contributed by atoms with Crippen LogP contribution in [0.2, 0.25) is 0 Å². The fraction of sp³-hybridized carbons (Fsp3) is 0.222. The zero-order chi connectivity index (χ0) is 14.4. The van der Waals surface area contributed by atoms with Crippen LogP contribution in [-0.2, 0) is 12.8 Å². The molecule has 3 heteroatoms. The van der Waals surface area contributed by atoms with Gasteiger partial charge in [-0.05, 0) is 51.8 Å². The molecule has 2 nitrogen and oxygen atoms in total. The minimum absolute atomic E-state index is 0.634. The fourth-order valence-corrected chi connectivity index (χ4v) is 4.19. The standard InChI is InChI=1S/C18H16O2S/c1-20-15-9-10-21-18(15)17(19)14-8-7-12-6-5-11-3-2-4-13(14)16(11)12/h2-4,7-10,17,19H,5-6H2,1H3. The van der Waals surface area contributed by atoms with Crippen molar-refractivity contribution in [3.8, 4) is 5.75 Å². The van der Waals surface area contributed by atoms with Gasteiger partial charge in [-0.25, -0.2) is 0 Å². The second-order valence-electron chi connectivity index (χ2n) is 5.41. The lowest BCUT2D eigenvalue weighted by Gasteiger charge is -2.15. The van der Waals surface area contributed by atoms with E-state index in [1.54, 1.807) is 7.11 Å². The molecular weight excluding hydrogens is 280 g/mol. The van der Waals surface area contributed by atoms with E-state index >= 15 is 0 Å². The van der Waals surface area contributed by atoms with E-state index in [4.69, 9.17) is 4.74 Å². The Morgan fingerprint density at radius 2 is 1.90 bits per heavy atom. The summed E-state index contributed by atoms with van der Waals surface area (Å²) in [6.45, 7) is 0. The Kier molecular flexibility index (Phi) is 2.98. The highest BCUT2D eigenvalue weighted by Crippen LogP contribution is 2.40. The molecule has 3 aromatic rings. The van der Waals surface area contributed by atoms with Gasteiger partial charge in [0.2, 0.25) is 0 Å². The summed E-state index contributed by atoms with van der Waals surface area (Å²) in [7, 11) is 1.64. The first-order valence-electron chi connectivity index (χ1n) is 7.12. The van der Waals surface area contributed by atoms with Gasteiger partial charge >= 0.3 is 0 Å². The Hall–Kier alpha value is -1.84. The first kappa shape index (κ1) is 12.9. The van der Waals surface area contributed by atoms with Crippen molar-refractivity contribution in [2.24, 2.45) is 0 Å². The van der Waals surface area contributed by atoms with E-state index < -0.39 is 6.10 Å². The van der Waals surface area contributed by atoms with Gasteiger partial charge in [-0.1, -0.05) is 30.3 Å². The SMILES string of the molecule is COc1ccsc1C(O)c1ccc2c3c(cccc13)CC2. The molecule has 0 fully saturated rings. The highest BCUT2D eigenvalue weighted by molar-refractivity contribution is 7.10. The summed E-state index contributed by atoms with van der Waals surface area (Å²) in [5.74, 6) is 0.760. The van der Waals surface area contributed by atoms with Crippen LogP contribution in [0.5, 0.6) is 5.75 Å². The first-order chi connectivity index (χ1) is 10.3. The quantitative estimate of drug-likeness (QED) is 0.789. The summed E-state index contributed by atoms with van der Waals surface area (Å²) in [5.41, 5.74) is 3.77. The molecule has 0 radical (unpaired) electrons. The molecule has 4 rings (SSSR count). The second-order valence-corrected chi connectivity index (χ2v) is 6.36. The third kappa shape index (κ3) is 1.88. The van der Waals surface area contributed by atoms with Gasteiger partial charge in [-0.3, -0.25) is 0 Å². The Morgan fingerprint density at radius 1 is 1.10 bits per heavy atom. The summed E-state index contributed by atoms with van der Waals surface area (Å²) < 4.78 is 5.35. The summed E-state index contributed by atoms with van der Waals surface area (Å²) in [5, 5.41) is 15.3. The zero-order valence-electron chi connectivity index (χ0n) is 11.8. The zero-order valence-corrected chi connectivity index (χ0v) is 12.6. The Labute approximate surface area is 127 Å². The van der Waals surface area contributed by atoms with Crippen LogP contribution in [0, 0.1) is 0 Å². The van der Waals surface area contributed by atoms with E-state index in [9.17, 15) is 5.11 Å². The number of hydrogen-bond donors (Lipinski definition) is 1. The number of rotatable bonds is 3. The predicted octanol–water partition coefficient (Wildman–Crippen LogP) is 4.09. The molecule has 1 unspecified atom stereocenters. The molecule has 2 aromatic carbocycles. The number of ether oxygens (including phenoxy) is 1. The van der Waals surface area contributed by atoms with E-state index in [2.05, 4.69) is 30.3 Å². The van der Waals surface area contributed by atoms with Crippen molar-refractivity contribution in [1.82, 2.24) is 0 Å². The largest absolute Gasteiger partial charge is 0.495 e. The molecule has 21 heavy (non-hydrogen) atoms. The van der Waals surface area contributed by atoms with Crippen molar-refractivity contribution >= 4 is 22.1 Å². The van der Waals surface area contributed by atoms with Crippen molar-refractivity contribution in [2.45, 2.75) is 18.9 Å². The average molecular weight is 296 g/mol.